The van der Waals surface area contributed by atoms with Crippen LogP contribution in [0.2, 0.25) is 5.02 Å². The van der Waals surface area contributed by atoms with Gasteiger partial charge in [0.2, 0.25) is 0 Å². The lowest BCUT2D eigenvalue weighted by Gasteiger charge is -2.09. The lowest BCUT2D eigenvalue weighted by Crippen LogP contribution is -1.96. The maximum absolute atomic E-state index is 9.57. The molecule has 2 rings (SSSR count). The van der Waals surface area contributed by atoms with Crippen LogP contribution in [0.4, 0.5) is 5.69 Å². The molecule has 0 amide bonds. The zero-order chi connectivity index (χ0) is 12.3. The van der Waals surface area contributed by atoms with Gasteiger partial charge in [0.05, 0.1) is 5.02 Å². The third kappa shape index (κ3) is 2.82. The maximum Gasteiger partial charge on any atom is 0.138 e. The molecule has 17 heavy (non-hydrogen) atoms. The number of rotatable bonds is 3. The Hall–Kier alpha value is -1.87. The Morgan fingerprint density at radius 3 is 2.65 bits per heavy atom. The van der Waals surface area contributed by atoms with Crippen LogP contribution in [0.5, 0.6) is 11.5 Å². The first kappa shape index (κ1) is 11.6. The highest BCUT2D eigenvalue weighted by Gasteiger charge is 2.04. The average Bonchev–Trinajstić information content (AvgIpc) is 2.30. The Bertz CT molecular complexity index is 529. The maximum atomic E-state index is 9.57. The number of phenols is 1. The van der Waals surface area contributed by atoms with Gasteiger partial charge in [-0.05, 0) is 24.3 Å². The summed E-state index contributed by atoms with van der Waals surface area (Å²) in [6.45, 7) is 0.260. The zero-order valence-corrected chi connectivity index (χ0v) is 9.82. The molecule has 4 heteroatoms. The quantitative estimate of drug-likeness (QED) is 0.822. The van der Waals surface area contributed by atoms with E-state index in [9.17, 15) is 5.11 Å². The number of hydrogen-bond donors (Lipinski definition) is 2. The van der Waals surface area contributed by atoms with Crippen LogP contribution in [0.1, 0.15) is 5.56 Å². The lowest BCUT2D eigenvalue weighted by molar-refractivity contribution is 0.299. The summed E-state index contributed by atoms with van der Waals surface area (Å²) in [6, 6.07) is 12.0. The van der Waals surface area contributed by atoms with Gasteiger partial charge in [-0.25, -0.2) is 0 Å². The van der Waals surface area contributed by atoms with E-state index in [4.69, 9.17) is 22.1 Å². The summed E-state index contributed by atoms with van der Waals surface area (Å²) < 4.78 is 5.51. The fourth-order valence-corrected chi connectivity index (χ4v) is 1.67. The van der Waals surface area contributed by atoms with Crippen molar-refractivity contribution in [3.05, 3.63) is 53.1 Å². The Morgan fingerprint density at radius 2 is 1.94 bits per heavy atom. The molecule has 0 radical (unpaired) electrons. The highest BCUT2D eigenvalue weighted by molar-refractivity contribution is 6.32. The standard InChI is InChI=1S/C13H12ClNO2/c14-11-7-10(15)5-6-13(11)17-8-9-3-1-2-4-12(9)16/h1-7,16H,8,15H2. The third-order valence-corrected chi connectivity index (χ3v) is 2.63. The van der Waals surface area contributed by atoms with Crippen LogP contribution in [-0.4, -0.2) is 5.11 Å². The molecule has 3 nitrogen and oxygen atoms in total. The number of aromatic hydroxyl groups is 1. The Labute approximate surface area is 104 Å². The van der Waals surface area contributed by atoms with Gasteiger partial charge < -0.3 is 15.6 Å². The van der Waals surface area contributed by atoms with Crippen molar-refractivity contribution in [1.82, 2.24) is 0 Å². The van der Waals surface area contributed by atoms with Gasteiger partial charge in [0.1, 0.15) is 18.1 Å². The number of para-hydroxylation sites is 1. The van der Waals surface area contributed by atoms with Gasteiger partial charge in [-0.3, -0.25) is 0 Å². The molecule has 0 atom stereocenters. The number of anilines is 1. The summed E-state index contributed by atoms with van der Waals surface area (Å²) in [5.74, 6) is 0.753. The highest BCUT2D eigenvalue weighted by atomic mass is 35.5. The first-order valence-corrected chi connectivity index (χ1v) is 5.49. The van der Waals surface area contributed by atoms with Crippen LogP contribution in [0.15, 0.2) is 42.5 Å². The van der Waals surface area contributed by atoms with Gasteiger partial charge >= 0.3 is 0 Å². The van der Waals surface area contributed by atoms with E-state index in [1.165, 1.54) is 0 Å². The molecule has 0 bridgehead atoms. The van der Waals surface area contributed by atoms with Gasteiger partial charge in [-0.15, -0.1) is 0 Å². The fourth-order valence-electron chi connectivity index (χ4n) is 1.42. The van der Waals surface area contributed by atoms with Crippen molar-refractivity contribution in [2.24, 2.45) is 0 Å². The van der Waals surface area contributed by atoms with Crippen LogP contribution < -0.4 is 10.5 Å². The lowest BCUT2D eigenvalue weighted by atomic mass is 10.2. The van der Waals surface area contributed by atoms with Gasteiger partial charge in [0.25, 0.3) is 0 Å². The third-order valence-electron chi connectivity index (χ3n) is 2.33. The number of nitrogen functional groups attached to an aromatic ring is 1. The number of hydrogen-bond acceptors (Lipinski definition) is 3. The molecule has 2 aromatic rings. The largest absolute Gasteiger partial charge is 0.508 e. The molecule has 0 heterocycles. The van der Waals surface area contributed by atoms with Crippen molar-refractivity contribution in [1.29, 1.82) is 0 Å². The molecule has 0 fully saturated rings. The summed E-state index contributed by atoms with van der Waals surface area (Å²) in [4.78, 5) is 0. The van der Waals surface area contributed by atoms with Gasteiger partial charge in [-0.2, -0.15) is 0 Å². The smallest absolute Gasteiger partial charge is 0.138 e. The molecule has 2 aromatic carbocycles. The van der Waals surface area contributed by atoms with Crippen LogP contribution in [-0.2, 0) is 6.61 Å². The van der Waals surface area contributed by atoms with Crippen LogP contribution in [0, 0.1) is 0 Å². The zero-order valence-electron chi connectivity index (χ0n) is 9.06. The molecule has 0 aromatic heterocycles. The van der Waals surface area contributed by atoms with E-state index in [1.54, 1.807) is 36.4 Å². The number of ether oxygens (including phenoxy) is 1. The van der Waals surface area contributed by atoms with Gasteiger partial charge in [0, 0.05) is 11.3 Å². The first-order chi connectivity index (χ1) is 8.16. The second-order valence-corrected chi connectivity index (χ2v) is 4.01. The van der Waals surface area contributed by atoms with Crippen molar-refractivity contribution in [2.45, 2.75) is 6.61 Å². The summed E-state index contributed by atoms with van der Waals surface area (Å²) in [6.07, 6.45) is 0. The van der Waals surface area contributed by atoms with Crippen molar-refractivity contribution in [2.75, 3.05) is 5.73 Å². The Morgan fingerprint density at radius 1 is 1.18 bits per heavy atom. The van der Waals surface area contributed by atoms with Crippen LogP contribution in [0.25, 0.3) is 0 Å². The fraction of sp³-hybridized carbons (Fsp3) is 0.0769. The number of benzene rings is 2. The molecule has 0 unspecified atom stereocenters. The second kappa shape index (κ2) is 4.97. The predicted molar refractivity (Wildman–Crippen MR) is 68.3 cm³/mol. The summed E-state index contributed by atoms with van der Waals surface area (Å²) in [7, 11) is 0. The van der Waals surface area contributed by atoms with Gasteiger partial charge in [-0.1, -0.05) is 29.8 Å². The van der Waals surface area contributed by atoms with Gasteiger partial charge in [0.15, 0.2) is 0 Å². The molecule has 0 saturated carbocycles. The number of nitrogens with two attached hydrogens (primary N) is 1. The Balaban J connectivity index is 2.10. The van der Waals surface area contributed by atoms with E-state index in [2.05, 4.69) is 0 Å². The topological polar surface area (TPSA) is 55.5 Å². The van der Waals surface area contributed by atoms with Crippen molar-refractivity contribution >= 4 is 17.3 Å². The van der Waals surface area contributed by atoms with Crippen molar-refractivity contribution < 1.29 is 9.84 Å². The van der Waals surface area contributed by atoms with Crippen LogP contribution >= 0.6 is 11.6 Å². The second-order valence-electron chi connectivity index (χ2n) is 3.61. The molecule has 0 aliphatic carbocycles. The molecule has 0 saturated heterocycles. The SMILES string of the molecule is Nc1ccc(OCc2ccccc2O)c(Cl)c1. The summed E-state index contributed by atoms with van der Waals surface area (Å²) >= 11 is 5.97. The molecule has 0 spiro atoms. The van der Waals surface area contributed by atoms with E-state index in [0.29, 0.717) is 22.0 Å². The summed E-state index contributed by atoms with van der Waals surface area (Å²) in [5.41, 5.74) is 6.88. The minimum Gasteiger partial charge on any atom is -0.508 e. The molecule has 3 N–H and O–H groups in total. The monoisotopic (exact) mass is 249 g/mol. The van der Waals surface area contributed by atoms with E-state index < -0.39 is 0 Å². The minimum atomic E-state index is 0.207. The summed E-state index contributed by atoms with van der Waals surface area (Å²) in [5, 5.41) is 10.0. The molecular formula is C13H12ClNO2. The minimum absolute atomic E-state index is 0.207. The van der Waals surface area contributed by atoms with Crippen molar-refractivity contribution in [3.8, 4) is 11.5 Å². The molecule has 88 valence electrons. The van der Waals surface area contributed by atoms with E-state index >= 15 is 0 Å². The van der Waals surface area contributed by atoms with E-state index in [1.807, 2.05) is 6.07 Å². The highest BCUT2D eigenvalue weighted by Crippen LogP contribution is 2.28. The predicted octanol–water partition coefficient (Wildman–Crippen LogP) is 3.21. The normalized spacial score (nSPS) is 10.2. The van der Waals surface area contributed by atoms with E-state index in [0.717, 1.165) is 0 Å². The molecule has 0 aliphatic rings. The first-order valence-electron chi connectivity index (χ1n) is 5.11. The number of phenolic OH excluding ortho intramolecular Hbond substituents is 1. The van der Waals surface area contributed by atoms with Crippen molar-refractivity contribution in [3.63, 3.8) is 0 Å². The molecular weight excluding hydrogens is 238 g/mol. The Kier molecular flexibility index (Phi) is 3.40. The average molecular weight is 250 g/mol. The van der Waals surface area contributed by atoms with E-state index in [-0.39, 0.29) is 12.4 Å². The van der Waals surface area contributed by atoms with Crippen LogP contribution in [0.3, 0.4) is 0 Å². The molecule has 0 aliphatic heterocycles. The number of halogens is 1.